The predicted molar refractivity (Wildman–Crippen MR) is 65.0 cm³/mol. The highest BCUT2D eigenvalue weighted by molar-refractivity contribution is 5.64. The van der Waals surface area contributed by atoms with Crippen molar-refractivity contribution in [3.8, 4) is 0 Å². The average Bonchev–Trinajstić information content (AvgIpc) is 2.30. The number of nitrogens with one attached hydrogen (secondary N) is 1. The van der Waals surface area contributed by atoms with E-state index in [2.05, 4.69) is 15.2 Å². The highest BCUT2D eigenvalue weighted by Gasteiger charge is 2.20. The van der Waals surface area contributed by atoms with Gasteiger partial charge in [-0.2, -0.15) is 0 Å². The Hall–Kier alpha value is -1.98. The predicted octanol–water partition coefficient (Wildman–Crippen LogP) is 0.900. The second-order valence-corrected chi connectivity index (χ2v) is 4.15. The Labute approximate surface area is 99.4 Å². The van der Waals surface area contributed by atoms with Gasteiger partial charge in [-0.25, -0.2) is 9.78 Å². The van der Waals surface area contributed by atoms with E-state index in [1.54, 1.807) is 12.3 Å². The molecule has 1 aliphatic heterocycles. The highest BCUT2D eigenvalue weighted by Crippen LogP contribution is 2.19. The highest BCUT2D eigenvalue weighted by atomic mass is 16.4. The Kier molecular flexibility index (Phi) is 3.32. The molecule has 1 fully saturated rings. The summed E-state index contributed by atoms with van der Waals surface area (Å²) in [6, 6.07) is 3.77. The first kappa shape index (κ1) is 11.5. The van der Waals surface area contributed by atoms with Crippen LogP contribution in [0.25, 0.3) is 0 Å². The number of nitrogens with zero attached hydrogens (tertiary/aromatic N) is 2. The van der Waals surface area contributed by atoms with Gasteiger partial charge in [0.2, 0.25) is 0 Å². The first-order valence-corrected chi connectivity index (χ1v) is 5.61. The maximum absolute atomic E-state index is 10.5. The Balaban J connectivity index is 1.90. The number of hydrogen-bond donors (Lipinski definition) is 3. The minimum atomic E-state index is -0.947. The molecule has 0 spiro atoms. The first-order valence-electron chi connectivity index (χ1n) is 5.61. The molecular formula is C11H16N4O2. The summed E-state index contributed by atoms with van der Waals surface area (Å²) in [6.45, 7) is 1.66. The fourth-order valence-electron chi connectivity index (χ4n) is 2.04. The molecule has 1 aromatic rings. The second-order valence-electron chi connectivity index (χ2n) is 4.15. The zero-order valence-corrected chi connectivity index (χ0v) is 9.47. The lowest BCUT2D eigenvalue weighted by Gasteiger charge is -2.33. The van der Waals surface area contributed by atoms with Gasteiger partial charge in [-0.05, 0) is 25.0 Å². The largest absolute Gasteiger partial charge is 0.465 e. The van der Waals surface area contributed by atoms with Crippen LogP contribution in [0.3, 0.4) is 0 Å². The lowest BCUT2D eigenvalue weighted by atomic mass is 10.0. The van der Waals surface area contributed by atoms with E-state index in [1.807, 2.05) is 6.07 Å². The fraction of sp³-hybridized carbons (Fsp3) is 0.455. The van der Waals surface area contributed by atoms with E-state index < -0.39 is 6.09 Å². The monoisotopic (exact) mass is 236 g/mol. The van der Waals surface area contributed by atoms with E-state index in [-0.39, 0.29) is 6.04 Å². The molecule has 1 aromatic heterocycles. The molecule has 0 atom stereocenters. The maximum Gasteiger partial charge on any atom is 0.404 e. The summed E-state index contributed by atoms with van der Waals surface area (Å²) in [5, 5.41) is 11.1. The van der Waals surface area contributed by atoms with Crippen LogP contribution in [0.1, 0.15) is 12.8 Å². The van der Waals surface area contributed by atoms with Gasteiger partial charge in [0, 0.05) is 19.1 Å². The van der Waals surface area contributed by atoms with Crippen LogP contribution in [-0.2, 0) is 0 Å². The summed E-state index contributed by atoms with van der Waals surface area (Å²) < 4.78 is 0. The van der Waals surface area contributed by atoms with Gasteiger partial charge in [-0.1, -0.05) is 0 Å². The maximum atomic E-state index is 10.5. The molecule has 17 heavy (non-hydrogen) atoms. The zero-order chi connectivity index (χ0) is 12.3. The van der Waals surface area contributed by atoms with Crippen LogP contribution in [-0.4, -0.2) is 35.3 Å². The molecule has 0 aromatic carbocycles. The lowest BCUT2D eigenvalue weighted by Crippen LogP contribution is -2.44. The van der Waals surface area contributed by atoms with Crippen LogP contribution in [0.2, 0.25) is 0 Å². The normalized spacial score (nSPS) is 16.8. The van der Waals surface area contributed by atoms with E-state index in [0.29, 0.717) is 5.82 Å². The Morgan fingerprint density at radius 2 is 2.18 bits per heavy atom. The summed E-state index contributed by atoms with van der Waals surface area (Å²) >= 11 is 0. The van der Waals surface area contributed by atoms with E-state index in [4.69, 9.17) is 10.8 Å². The number of carbonyl (C=O) groups is 1. The number of nitrogens with two attached hydrogens (primary N) is 1. The minimum absolute atomic E-state index is 0.0606. The third-order valence-corrected chi connectivity index (χ3v) is 2.96. The van der Waals surface area contributed by atoms with Gasteiger partial charge in [0.05, 0.1) is 11.9 Å². The molecule has 2 rings (SSSR count). The molecule has 92 valence electrons. The molecule has 1 saturated heterocycles. The average molecular weight is 236 g/mol. The van der Waals surface area contributed by atoms with Crippen molar-refractivity contribution >= 4 is 17.6 Å². The van der Waals surface area contributed by atoms with Crippen molar-refractivity contribution in [2.75, 3.05) is 23.7 Å². The van der Waals surface area contributed by atoms with Crippen molar-refractivity contribution in [1.82, 2.24) is 10.3 Å². The number of aromatic nitrogens is 1. The number of pyridine rings is 1. The molecule has 0 bridgehead atoms. The van der Waals surface area contributed by atoms with Gasteiger partial charge in [0.25, 0.3) is 0 Å². The van der Waals surface area contributed by atoms with Crippen molar-refractivity contribution in [1.29, 1.82) is 0 Å². The Bertz CT molecular complexity index is 385. The molecule has 0 aliphatic carbocycles. The number of hydrogen-bond acceptors (Lipinski definition) is 4. The molecule has 2 heterocycles. The van der Waals surface area contributed by atoms with E-state index in [1.165, 1.54) is 0 Å². The van der Waals surface area contributed by atoms with E-state index in [0.717, 1.165) is 31.6 Å². The summed E-state index contributed by atoms with van der Waals surface area (Å²) in [5.74, 6) is 0.510. The number of carboxylic acid groups (broad SMARTS) is 1. The van der Waals surface area contributed by atoms with Crippen molar-refractivity contribution in [3.05, 3.63) is 18.3 Å². The fourth-order valence-corrected chi connectivity index (χ4v) is 2.04. The number of piperidine rings is 1. The molecule has 1 aliphatic rings. The van der Waals surface area contributed by atoms with Gasteiger partial charge in [0.1, 0.15) is 5.82 Å². The summed E-state index contributed by atoms with van der Waals surface area (Å²) in [5.41, 5.74) is 6.56. The van der Waals surface area contributed by atoms with Crippen molar-refractivity contribution < 1.29 is 9.90 Å². The minimum Gasteiger partial charge on any atom is -0.465 e. The number of nitrogen functional groups attached to an aromatic ring is 1. The van der Waals surface area contributed by atoms with Gasteiger partial charge in [0.15, 0.2) is 0 Å². The molecule has 0 radical (unpaired) electrons. The molecule has 6 nitrogen and oxygen atoms in total. The quantitative estimate of drug-likeness (QED) is 0.709. The summed E-state index contributed by atoms with van der Waals surface area (Å²) in [7, 11) is 0. The van der Waals surface area contributed by atoms with Gasteiger partial charge < -0.3 is 21.1 Å². The number of rotatable bonds is 2. The van der Waals surface area contributed by atoms with Gasteiger partial charge in [-0.3, -0.25) is 0 Å². The SMILES string of the molecule is Nc1ccc(N2CCC(NC(=O)O)CC2)cn1. The third-order valence-electron chi connectivity index (χ3n) is 2.96. The van der Waals surface area contributed by atoms with Gasteiger partial charge in [-0.15, -0.1) is 0 Å². The molecule has 0 unspecified atom stereocenters. The van der Waals surface area contributed by atoms with Crippen LogP contribution in [0.5, 0.6) is 0 Å². The Morgan fingerprint density at radius 3 is 2.71 bits per heavy atom. The van der Waals surface area contributed by atoms with Gasteiger partial charge >= 0.3 is 6.09 Å². The number of amides is 1. The van der Waals surface area contributed by atoms with Crippen molar-refractivity contribution in [3.63, 3.8) is 0 Å². The molecule has 0 saturated carbocycles. The van der Waals surface area contributed by atoms with Crippen LogP contribution >= 0.6 is 0 Å². The summed E-state index contributed by atoms with van der Waals surface area (Å²) in [6.07, 6.45) is 2.44. The van der Waals surface area contributed by atoms with Crippen molar-refractivity contribution in [2.45, 2.75) is 18.9 Å². The molecular weight excluding hydrogens is 220 g/mol. The van der Waals surface area contributed by atoms with Crippen LogP contribution < -0.4 is 16.0 Å². The van der Waals surface area contributed by atoms with Crippen LogP contribution in [0, 0.1) is 0 Å². The lowest BCUT2D eigenvalue weighted by molar-refractivity contribution is 0.187. The second kappa shape index (κ2) is 4.90. The molecule has 4 N–H and O–H groups in total. The first-order chi connectivity index (χ1) is 8.15. The Morgan fingerprint density at radius 1 is 1.47 bits per heavy atom. The van der Waals surface area contributed by atoms with E-state index >= 15 is 0 Å². The molecule has 6 heteroatoms. The van der Waals surface area contributed by atoms with Crippen molar-refractivity contribution in [2.24, 2.45) is 0 Å². The summed E-state index contributed by atoms with van der Waals surface area (Å²) in [4.78, 5) is 16.7. The number of anilines is 2. The topological polar surface area (TPSA) is 91.5 Å². The third kappa shape index (κ3) is 2.99. The van der Waals surface area contributed by atoms with Crippen LogP contribution in [0.15, 0.2) is 18.3 Å². The van der Waals surface area contributed by atoms with Crippen LogP contribution in [0.4, 0.5) is 16.3 Å². The molecule has 1 amide bonds. The standard InChI is InChI=1S/C11H16N4O2/c12-10-2-1-9(7-13-10)15-5-3-8(4-6-15)14-11(16)17/h1-2,7-8,14H,3-6H2,(H2,12,13)(H,16,17). The zero-order valence-electron chi connectivity index (χ0n) is 9.47. The van der Waals surface area contributed by atoms with E-state index in [9.17, 15) is 4.79 Å². The smallest absolute Gasteiger partial charge is 0.404 e.